The molecule has 0 unspecified atom stereocenters. The molecule has 0 aliphatic carbocycles. The fourth-order valence-electron chi connectivity index (χ4n) is 3.39. The van der Waals surface area contributed by atoms with Crippen LogP contribution < -0.4 is 10.7 Å². The number of aliphatic imine (C=N–C) groups is 1. The minimum absolute atomic E-state index is 0.255. The zero-order chi connectivity index (χ0) is 16.9. The Morgan fingerprint density at radius 3 is 2.83 bits per heavy atom. The maximum absolute atomic E-state index is 12.2. The SMILES string of the molecule is CC(C)(C)OC(=O)N1CCC2(CC1)OC=C1NC3=NCNN3C=C12. The Morgan fingerprint density at radius 1 is 1.38 bits per heavy atom. The van der Waals surface area contributed by atoms with Crippen LogP contribution in [-0.2, 0) is 9.47 Å². The molecule has 0 aromatic carbocycles. The number of hydrazine groups is 1. The van der Waals surface area contributed by atoms with Crippen molar-refractivity contribution in [2.45, 2.75) is 44.8 Å². The van der Waals surface area contributed by atoms with Gasteiger partial charge in [0.25, 0.3) is 0 Å². The van der Waals surface area contributed by atoms with Crippen LogP contribution in [0.2, 0.25) is 0 Å². The van der Waals surface area contributed by atoms with Gasteiger partial charge in [0, 0.05) is 37.7 Å². The monoisotopic (exact) mass is 333 g/mol. The van der Waals surface area contributed by atoms with Gasteiger partial charge in [-0.3, -0.25) is 5.01 Å². The number of nitrogens with one attached hydrogen (secondary N) is 2. The maximum Gasteiger partial charge on any atom is 0.410 e. The number of likely N-dealkylation sites (tertiary alicyclic amines) is 1. The number of hydrogen-bond acceptors (Lipinski definition) is 7. The van der Waals surface area contributed by atoms with Crippen LogP contribution in [0, 0.1) is 0 Å². The lowest BCUT2D eigenvalue weighted by Crippen LogP contribution is -2.51. The number of carbonyl (C=O) groups is 1. The van der Waals surface area contributed by atoms with Crippen LogP contribution in [0.3, 0.4) is 0 Å². The van der Waals surface area contributed by atoms with E-state index in [2.05, 4.69) is 15.7 Å². The first kappa shape index (κ1) is 15.3. The smallest absolute Gasteiger partial charge is 0.410 e. The lowest BCUT2D eigenvalue weighted by Gasteiger charge is -2.41. The van der Waals surface area contributed by atoms with Crippen LogP contribution in [0.25, 0.3) is 0 Å². The summed E-state index contributed by atoms with van der Waals surface area (Å²) >= 11 is 0. The van der Waals surface area contributed by atoms with Gasteiger partial charge in [-0.25, -0.2) is 15.2 Å². The Balaban J connectivity index is 1.46. The Kier molecular flexibility index (Phi) is 3.28. The minimum Gasteiger partial charge on any atom is -0.488 e. The summed E-state index contributed by atoms with van der Waals surface area (Å²) in [5, 5.41) is 5.18. The van der Waals surface area contributed by atoms with Gasteiger partial charge in [-0.05, 0) is 20.8 Å². The van der Waals surface area contributed by atoms with Crippen molar-refractivity contribution in [1.82, 2.24) is 20.7 Å². The molecule has 1 fully saturated rings. The van der Waals surface area contributed by atoms with Gasteiger partial charge in [0.05, 0.1) is 5.70 Å². The van der Waals surface area contributed by atoms with Gasteiger partial charge in [0.15, 0.2) is 0 Å². The van der Waals surface area contributed by atoms with E-state index in [0.717, 1.165) is 30.1 Å². The number of fused-ring (bicyclic) bond motifs is 3. The zero-order valence-corrected chi connectivity index (χ0v) is 14.3. The van der Waals surface area contributed by atoms with Crippen LogP contribution >= 0.6 is 0 Å². The van der Waals surface area contributed by atoms with Gasteiger partial charge >= 0.3 is 6.09 Å². The largest absolute Gasteiger partial charge is 0.488 e. The number of rotatable bonds is 0. The number of guanidine groups is 1. The van der Waals surface area contributed by atoms with Gasteiger partial charge in [-0.2, -0.15) is 0 Å². The van der Waals surface area contributed by atoms with Gasteiger partial charge in [0.1, 0.15) is 24.1 Å². The normalized spacial score (nSPS) is 24.4. The number of ether oxygens (including phenoxy) is 2. The van der Waals surface area contributed by atoms with Crippen molar-refractivity contribution in [1.29, 1.82) is 0 Å². The third kappa shape index (κ3) is 2.50. The molecule has 8 heteroatoms. The molecule has 1 amide bonds. The Labute approximate surface area is 141 Å². The molecular formula is C16H23N5O3. The highest BCUT2D eigenvalue weighted by Gasteiger charge is 2.48. The topological polar surface area (TPSA) is 78.4 Å². The second-order valence-electron chi connectivity index (χ2n) is 7.45. The van der Waals surface area contributed by atoms with Crippen LogP contribution in [0.1, 0.15) is 33.6 Å². The Morgan fingerprint density at radius 2 is 2.12 bits per heavy atom. The van der Waals surface area contributed by atoms with E-state index in [4.69, 9.17) is 9.47 Å². The summed E-state index contributed by atoms with van der Waals surface area (Å²) in [7, 11) is 0. The summed E-state index contributed by atoms with van der Waals surface area (Å²) in [5.74, 6) is 0.789. The predicted octanol–water partition coefficient (Wildman–Crippen LogP) is 1.25. The van der Waals surface area contributed by atoms with Crippen LogP contribution in [0.15, 0.2) is 28.7 Å². The van der Waals surface area contributed by atoms with E-state index in [1.54, 1.807) is 11.2 Å². The summed E-state index contributed by atoms with van der Waals surface area (Å²) in [6, 6.07) is 0. The van der Waals surface area contributed by atoms with Gasteiger partial charge in [0.2, 0.25) is 5.96 Å². The van der Waals surface area contributed by atoms with Crippen molar-refractivity contribution >= 4 is 12.1 Å². The lowest BCUT2D eigenvalue weighted by molar-refractivity contribution is -0.0130. The molecule has 0 saturated carbocycles. The standard InChI is InChI=1S/C16H23N5O3/c1-15(2,3)24-14(22)20-6-4-16(5-7-20)11-8-21-13(17-10-18-21)19-12(11)9-23-16/h8-9,18H,4-7,10H2,1-3H3,(H,17,19). The van der Waals surface area contributed by atoms with E-state index < -0.39 is 5.60 Å². The molecule has 1 saturated heterocycles. The highest BCUT2D eigenvalue weighted by Crippen LogP contribution is 2.43. The zero-order valence-electron chi connectivity index (χ0n) is 14.3. The highest BCUT2D eigenvalue weighted by molar-refractivity contribution is 5.86. The van der Waals surface area contributed by atoms with E-state index in [0.29, 0.717) is 19.8 Å². The third-order valence-corrected chi connectivity index (χ3v) is 4.61. The number of nitrogens with zero attached hydrogens (tertiary/aromatic N) is 3. The summed E-state index contributed by atoms with van der Waals surface area (Å²) in [5.41, 5.74) is 4.39. The van der Waals surface area contributed by atoms with Crippen molar-refractivity contribution in [3.8, 4) is 0 Å². The Hall–Kier alpha value is -2.22. The van der Waals surface area contributed by atoms with Crippen LogP contribution in [0.5, 0.6) is 0 Å². The lowest BCUT2D eigenvalue weighted by atomic mass is 9.83. The second kappa shape index (κ2) is 5.14. The van der Waals surface area contributed by atoms with Gasteiger partial charge in [-0.15, -0.1) is 0 Å². The molecule has 4 rings (SSSR count). The number of piperidine rings is 1. The number of amides is 1. The molecular weight excluding hydrogens is 310 g/mol. The predicted molar refractivity (Wildman–Crippen MR) is 87.4 cm³/mol. The highest BCUT2D eigenvalue weighted by atomic mass is 16.6. The minimum atomic E-state index is -0.474. The molecule has 0 atom stereocenters. The van der Waals surface area contributed by atoms with E-state index >= 15 is 0 Å². The molecule has 0 radical (unpaired) electrons. The quantitative estimate of drug-likeness (QED) is 0.695. The molecule has 4 heterocycles. The molecule has 8 nitrogen and oxygen atoms in total. The van der Waals surface area contributed by atoms with E-state index in [-0.39, 0.29) is 11.7 Å². The maximum atomic E-state index is 12.2. The van der Waals surface area contributed by atoms with E-state index in [1.807, 2.05) is 32.0 Å². The van der Waals surface area contributed by atoms with Crippen LogP contribution in [-0.4, -0.2) is 52.9 Å². The molecule has 0 aromatic rings. The molecule has 0 aromatic heterocycles. The summed E-state index contributed by atoms with van der Waals surface area (Å²) < 4.78 is 11.5. The first-order chi connectivity index (χ1) is 11.4. The molecule has 4 aliphatic rings. The fraction of sp³-hybridized carbons (Fsp3) is 0.625. The van der Waals surface area contributed by atoms with Gasteiger partial charge in [-0.1, -0.05) is 0 Å². The first-order valence-corrected chi connectivity index (χ1v) is 8.29. The van der Waals surface area contributed by atoms with E-state index in [1.165, 1.54) is 0 Å². The summed E-state index contributed by atoms with van der Waals surface area (Å²) in [4.78, 5) is 18.3. The van der Waals surface area contributed by atoms with Crippen molar-refractivity contribution in [2.24, 2.45) is 4.99 Å². The Bertz CT molecular complexity index is 653. The average molecular weight is 333 g/mol. The second-order valence-corrected chi connectivity index (χ2v) is 7.45. The molecule has 24 heavy (non-hydrogen) atoms. The van der Waals surface area contributed by atoms with Crippen molar-refractivity contribution in [2.75, 3.05) is 19.8 Å². The average Bonchev–Trinajstić information content (AvgIpc) is 3.10. The summed E-state index contributed by atoms with van der Waals surface area (Å²) in [6.45, 7) is 7.44. The summed E-state index contributed by atoms with van der Waals surface area (Å²) in [6.07, 6.45) is 5.03. The van der Waals surface area contributed by atoms with Gasteiger partial charge < -0.3 is 19.7 Å². The molecule has 130 valence electrons. The van der Waals surface area contributed by atoms with Crippen molar-refractivity contribution in [3.63, 3.8) is 0 Å². The number of carbonyl (C=O) groups excluding carboxylic acids is 1. The fourth-order valence-corrected chi connectivity index (χ4v) is 3.39. The molecule has 0 bridgehead atoms. The molecule has 4 aliphatic heterocycles. The molecule has 2 N–H and O–H groups in total. The van der Waals surface area contributed by atoms with Crippen LogP contribution in [0.4, 0.5) is 4.79 Å². The van der Waals surface area contributed by atoms with Crippen molar-refractivity contribution in [3.05, 3.63) is 23.7 Å². The van der Waals surface area contributed by atoms with Crippen molar-refractivity contribution < 1.29 is 14.3 Å². The number of hydrogen-bond donors (Lipinski definition) is 2. The first-order valence-electron chi connectivity index (χ1n) is 8.29. The molecule has 1 spiro atoms. The third-order valence-electron chi connectivity index (χ3n) is 4.61. The van der Waals surface area contributed by atoms with E-state index in [9.17, 15) is 4.79 Å².